The van der Waals surface area contributed by atoms with Crippen molar-refractivity contribution >= 4 is 10.8 Å². The highest BCUT2D eigenvalue weighted by molar-refractivity contribution is 5.89. The molecule has 0 unspecified atom stereocenters. The summed E-state index contributed by atoms with van der Waals surface area (Å²) in [6.45, 7) is 2.01. The van der Waals surface area contributed by atoms with Crippen LogP contribution in [0.15, 0.2) is 36.4 Å². The molecule has 0 atom stereocenters. The molecule has 0 amide bonds. The molecule has 2 aromatic carbocycles. The average Bonchev–Trinajstić information content (AvgIpc) is 2.28. The molecule has 0 heterocycles. The maximum Gasteiger partial charge on any atom is 0.152 e. The Labute approximate surface area is 89.0 Å². The van der Waals surface area contributed by atoms with E-state index >= 15 is 0 Å². The first-order valence-electron chi connectivity index (χ1n) is 4.71. The molecule has 1 nitrogen and oxygen atoms in total. The fourth-order valence-corrected chi connectivity index (χ4v) is 1.64. The Morgan fingerprint density at radius 1 is 1.07 bits per heavy atom. The number of benzene rings is 2. The lowest BCUT2D eigenvalue weighted by Crippen LogP contribution is -1.84. The lowest BCUT2D eigenvalue weighted by atomic mass is 10.0. The van der Waals surface area contributed by atoms with E-state index in [1.807, 2.05) is 43.3 Å². The summed E-state index contributed by atoms with van der Waals surface area (Å²) in [5, 5.41) is 10.7. The molecule has 0 spiro atoms. The summed E-state index contributed by atoms with van der Waals surface area (Å²) in [4.78, 5) is 0. The fourth-order valence-electron chi connectivity index (χ4n) is 1.64. The number of hydrogen-bond acceptors (Lipinski definition) is 1. The Morgan fingerprint density at radius 3 is 2.67 bits per heavy atom. The minimum absolute atomic E-state index is 0.953. The first-order chi connectivity index (χ1) is 7.33. The van der Waals surface area contributed by atoms with E-state index < -0.39 is 0 Å². The molecule has 0 bridgehead atoms. The molecular formula is C14H9N. The molecule has 1 heteroatoms. The standard InChI is InChI=1S/C14H9N/c1-11-8-9-12-5-2-3-6-14(12)13(11)7-4-10-15/h2-3,5-6,8-9H,1H3. The summed E-state index contributed by atoms with van der Waals surface area (Å²) in [7, 11) is 0. The van der Waals surface area contributed by atoms with Crippen molar-refractivity contribution < 1.29 is 0 Å². The van der Waals surface area contributed by atoms with Gasteiger partial charge in [0.15, 0.2) is 6.07 Å². The second-order valence-electron chi connectivity index (χ2n) is 3.34. The first-order valence-corrected chi connectivity index (χ1v) is 4.71. The van der Waals surface area contributed by atoms with Gasteiger partial charge in [-0.15, -0.1) is 0 Å². The topological polar surface area (TPSA) is 23.8 Å². The molecule has 2 aromatic rings. The van der Waals surface area contributed by atoms with E-state index in [1.165, 1.54) is 0 Å². The van der Waals surface area contributed by atoms with Crippen molar-refractivity contribution in [3.63, 3.8) is 0 Å². The Kier molecular flexibility index (Phi) is 2.40. The zero-order valence-corrected chi connectivity index (χ0v) is 8.41. The lowest BCUT2D eigenvalue weighted by Gasteiger charge is -2.03. The molecule has 0 saturated heterocycles. The van der Waals surface area contributed by atoms with Crippen molar-refractivity contribution in [2.75, 3.05) is 0 Å². The largest absolute Gasteiger partial charge is 0.183 e. The van der Waals surface area contributed by atoms with Crippen LogP contribution in [0.1, 0.15) is 11.1 Å². The van der Waals surface area contributed by atoms with Crippen LogP contribution >= 0.6 is 0 Å². The monoisotopic (exact) mass is 191 g/mol. The van der Waals surface area contributed by atoms with Crippen LogP contribution in [-0.2, 0) is 0 Å². The van der Waals surface area contributed by atoms with E-state index in [2.05, 4.69) is 17.9 Å². The molecule has 15 heavy (non-hydrogen) atoms. The molecule has 0 aliphatic rings. The van der Waals surface area contributed by atoms with Crippen LogP contribution in [0.5, 0.6) is 0 Å². The Balaban J connectivity index is 2.81. The van der Waals surface area contributed by atoms with Crippen LogP contribution in [0.4, 0.5) is 0 Å². The Hall–Kier alpha value is -2.25. The van der Waals surface area contributed by atoms with Crippen LogP contribution in [0.3, 0.4) is 0 Å². The highest BCUT2D eigenvalue weighted by Gasteiger charge is 2.00. The van der Waals surface area contributed by atoms with Gasteiger partial charge in [0, 0.05) is 11.5 Å². The maximum absolute atomic E-state index is 8.47. The first kappa shape index (κ1) is 9.31. The van der Waals surface area contributed by atoms with Crippen LogP contribution in [0, 0.1) is 30.1 Å². The van der Waals surface area contributed by atoms with E-state index in [0.717, 1.165) is 21.9 Å². The van der Waals surface area contributed by atoms with E-state index in [-0.39, 0.29) is 0 Å². The summed E-state index contributed by atoms with van der Waals surface area (Å²) >= 11 is 0. The van der Waals surface area contributed by atoms with E-state index in [9.17, 15) is 0 Å². The van der Waals surface area contributed by atoms with Gasteiger partial charge in [0.05, 0.1) is 0 Å². The average molecular weight is 191 g/mol. The van der Waals surface area contributed by atoms with Crippen LogP contribution in [-0.4, -0.2) is 0 Å². The molecule has 0 radical (unpaired) electrons. The number of hydrogen-bond donors (Lipinski definition) is 0. The third-order valence-corrected chi connectivity index (χ3v) is 2.38. The third kappa shape index (κ3) is 1.68. The summed E-state index contributed by atoms with van der Waals surface area (Å²) < 4.78 is 0. The van der Waals surface area contributed by atoms with E-state index in [4.69, 9.17) is 5.26 Å². The van der Waals surface area contributed by atoms with Crippen LogP contribution < -0.4 is 0 Å². The molecular weight excluding hydrogens is 182 g/mol. The Morgan fingerprint density at radius 2 is 1.87 bits per heavy atom. The van der Waals surface area contributed by atoms with Crippen molar-refractivity contribution in [2.24, 2.45) is 0 Å². The van der Waals surface area contributed by atoms with Gasteiger partial charge in [0.2, 0.25) is 0 Å². The number of rotatable bonds is 0. The van der Waals surface area contributed by atoms with Crippen molar-refractivity contribution in [2.45, 2.75) is 6.92 Å². The van der Waals surface area contributed by atoms with Gasteiger partial charge < -0.3 is 0 Å². The van der Waals surface area contributed by atoms with Gasteiger partial charge in [-0.2, -0.15) is 5.26 Å². The Bertz CT molecular complexity index is 606. The van der Waals surface area contributed by atoms with E-state index in [0.29, 0.717) is 0 Å². The molecule has 0 saturated carbocycles. The highest BCUT2D eigenvalue weighted by atomic mass is 14.2. The number of aryl methyl sites for hydroxylation is 1. The van der Waals surface area contributed by atoms with Gasteiger partial charge >= 0.3 is 0 Å². The molecule has 0 fully saturated rings. The number of nitrogens with zero attached hydrogens (tertiary/aromatic N) is 1. The van der Waals surface area contributed by atoms with E-state index in [1.54, 1.807) is 0 Å². The van der Waals surface area contributed by atoms with Crippen molar-refractivity contribution in [3.05, 3.63) is 47.5 Å². The van der Waals surface area contributed by atoms with Crippen LogP contribution in [0.25, 0.3) is 10.8 Å². The molecule has 2 rings (SSSR count). The molecule has 0 N–H and O–H groups in total. The third-order valence-electron chi connectivity index (χ3n) is 2.38. The van der Waals surface area contributed by atoms with Gasteiger partial charge in [0.1, 0.15) is 0 Å². The van der Waals surface area contributed by atoms with Gasteiger partial charge in [-0.1, -0.05) is 36.4 Å². The smallest absolute Gasteiger partial charge is 0.152 e. The SMILES string of the molecule is Cc1ccc2ccccc2c1C#CC#N. The summed E-state index contributed by atoms with van der Waals surface area (Å²) in [5.41, 5.74) is 2.06. The normalized spacial score (nSPS) is 9.07. The lowest BCUT2D eigenvalue weighted by molar-refractivity contribution is 1.47. The second kappa shape index (κ2) is 3.86. The zero-order valence-electron chi connectivity index (χ0n) is 8.41. The second-order valence-corrected chi connectivity index (χ2v) is 3.34. The quantitative estimate of drug-likeness (QED) is 0.587. The van der Waals surface area contributed by atoms with Gasteiger partial charge in [0.25, 0.3) is 0 Å². The van der Waals surface area contributed by atoms with Gasteiger partial charge in [-0.3, -0.25) is 0 Å². The minimum Gasteiger partial charge on any atom is -0.183 e. The molecule has 0 aliphatic carbocycles. The minimum atomic E-state index is 0.953. The highest BCUT2D eigenvalue weighted by Crippen LogP contribution is 2.20. The fraction of sp³-hybridized carbons (Fsp3) is 0.0714. The predicted molar refractivity (Wildman–Crippen MR) is 61.2 cm³/mol. The van der Waals surface area contributed by atoms with Crippen molar-refractivity contribution in [1.29, 1.82) is 5.26 Å². The van der Waals surface area contributed by atoms with Gasteiger partial charge in [-0.25, -0.2) is 0 Å². The molecule has 70 valence electrons. The zero-order chi connectivity index (χ0) is 10.7. The van der Waals surface area contributed by atoms with Gasteiger partial charge in [-0.05, 0) is 29.2 Å². The number of nitriles is 1. The maximum atomic E-state index is 8.47. The predicted octanol–water partition coefficient (Wildman–Crippen LogP) is 3.02. The summed E-state index contributed by atoms with van der Waals surface area (Å²) in [6.07, 6.45) is 0. The summed E-state index contributed by atoms with van der Waals surface area (Å²) in [5.74, 6) is 5.35. The number of fused-ring (bicyclic) bond motifs is 1. The molecule has 0 aliphatic heterocycles. The summed E-state index contributed by atoms with van der Waals surface area (Å²) in [6, 6.07) is 14.0. The van der Waals surface area contributed by atoms with Crippen molar-refractivity contribution in [1.82, 2.24) is 0 Å². The molecule has 0 aromatic heterocycles. The van der Waals surface area contributed by atoms with Crippen molar-refractivity contribution in [3.8, 4) is 17.9 Å². The van der Waals surface area contributed by atoms with Crippen LogP contribution in [0.2, 0.25) is 0 Å².